The number of rotatable bonds is 7. The van der Waals surface area contributed by atoms with Crippen molar-refractivity contribution in [2.45, 2.75) is 0 Å². The monoisotopic (exact) mass is 715 g/mol. The fraction of sp³-hybridized carbons (Fsp3) is 0. The molecule has 10 rings (SSSR count). The predicted molar refractivity (Wildman–Crippen MR) is 234 cm³/mol. The predicted octanol–water partition coefficient (Wildman–Crippen LogP) is 15.3. The number of hydrogen-bond acceptors (Lipinski definition) is 2. The second kappa shape index (κ2) is 14.4. The average Bonchev–Trinajstić information content (AvgIpc) is 3.42. The SMILES string of the molecule is c1ccc(-c2ccc(N(c3ccc(-c4ccccc4)cc3)c3ccc(-c4cccc(-c5cccc6c5-c5ccccc5Oc5ccccc5-6)c4)cc3)cc2)cc1. The number of para-hydroxylation sites is 2. The Hall–Kier alpha value is -7.42. The van der Waals surface area contributed by atoms with Crippen LogP contribution in [0.5, 0.6) is 11.5 Å². The van der Waals surface area contributed by atoms with Crippen molar-refractivity contribution in [1.29, 1.82) is 0 Å². The maximum atomic E-state index is 6.51. The lowest BCUT2D eigenvalue weighted by Crippen LogP contribution is -2.09. The molecule has 2 heteroatoms. The first-order chi connectivity index (χ1) is 27.8. The van der Waals surface area contributed by atoms with Gasteiger partial charge in [-0.15, -0.1) is 0 Å². The third kappa shape index (κ3) is 6.24. The first kappa shape index (κ1) is 33.2. The van der Waals surface area contributed by atoms with Crippen LogP contribution >= 0.6 is 0 Å². The molecule has 9 aromatic rings. The summed E-state index contributed by atoms with van der Waals surface area (Å²) in [6.07, 6.45) is 0. The Bertz CT molecular complexity index is 2710. The van der Waals surface area contributed by atoms with Crippen LogP contribution in [0, 0.1) is 0 Å². The van der Waals surface area contributed by atoms with Gasteiger partial charge < -0.3 is 9.64 Å². The molecule has 56 heavy (non-hydrogen) atoms. The molecular weight excluding hydrogens is 679 g/mol. The Balaban J connectivity index is 1.02. The molecule has 1 heterocycles. The fourth-order valence-electron chi connectivity index (χ4n) is 7.95. The van der Waals surface area contributed by atoms with E-state index in [9.17, 15) is 0 Å². The molecule has 0 aromatic heterocycles. The highest BCUT2D eigenvalue weighted by Gasteiger charge is 2.23. The Morgan fingerprint density at radius 2 is 0.625 bits per heavy atom. The van der Waals surface area contributed by atoms with Crippen molar-refractivity contribution >= 4 is 17.1 Å². The highest BCUT2D eigenvalue weighted by molar-refractivity contribution is 5.99. The number of anilines is 3. The van der Waals surface area contributed by atoms with Crippen LogP contribution in [-0.4, -0.2) is 0 Å². The van der Waals surface area contributed by atoms with E-state index in [-0.39, 0.29) is 0 Å². The van der Waals surface area contributed by atoms with Gasteiger partial charge in [0, 0.05) is 33.8 Å². The molecule has 0 atom stereocenters. The lowest BCUT2D eigenvalue weighted by atomic mass is 9.87. The molecule has 0 aliphatic carbocycles. The van der Waals surface area contributed by atoms with Crippen LogP contribution in [0.15, 0.2) is 224 Å². The summed E-state index contributed by atoms with van der Waals surface area (Å²) in [7, 11) is 0. The number of hydrogen-bond donors (Lipinski definition) is 0. The molecule has 0 unspecified atom stereocenters. The third-order valence-electron chi connectivity index (χ3n) is 10.7. The van der Waals surface area contributed by atoms with Gasteiger partial charge in [-0.25, -0.2) is 0 Å². The van der Waals surface area contributed by atoms with Gasteiger partial charge in [-0.05, 0) is 105 Å². The largest absolute Gasteiger partial charge is 0.456 e. The smallest absolute Gasteiger partial charge is 0.135 e. The summed E-state index contributed by atoms with van der Waals surface area (Å²) < 4.78 is 6.51. The van der Waals surface area contributed by atoms with E-state index in [4.69, 9.17) is 4.74 Å². The zero-order chi connectivity index (χ0) is 37.3. The van der Waals surface area contributed by atoms with Crippen molar-refractivity contribution < 1.29 is 4.74 Å². The van der Waals surface area contributed by atoms with Crippen LogP contribution in [0.4, 0.5) is 17.1 Å². The van der Waals surface area contributed by atoms with Gasteiger partial charge in [0.05, 0.1) is 0 Å². The maximum absolute atomic E-state index is 6.51. The van der Waals surface area contributed by atoms with E-state index in [1.165, 1.54) is 38.9 Å². The normalized spacial score (nSPS) is 11.4. The van der Waals surface area contributed by atoms with Crippen LogP contribution < -0.4 is 9.64 Å². The Morgan fingerprint density at radius 3 is 1.20 bits per heavy atom. The standard InChI is InChI=1S/C54H37NO/c1-3-13-38(14-4-1)40-25-31-45(32-26-40)55(46-33-27-41(28-34-46)39-15-5-2-6-16-39)47-35-29-42(30-36-47)43-17-11-18-44(37-43)48-21-12-22-50-49-19-7-9-23-52(49)56-53-24-10-8-20-51(53)54(48)50/h1-37H. The molecule has 0 bridgehead atoms. The fourth-order valence-corrected chi connectivity index (χ4v) is 7.95. The Morgan fingerprint density at radius 1 is 0.250 bits per heavy atom. The second-order valence-corrected chi connectivity index (χ2v) is 14.1. The summed E-state index contributed by atoms with van der Waals surface area (Å²) in [5, 5.41) is 0. The molecule has 0 amide bonds. The van der Waals surface area contributed by atoms with Crippen molar-refractivity contribution in [3.05, 3.63) is 224 Å². The molecule has 0 fully saturated rings. The number of fused-ring (bicyclic) bond motifs is 5. The lowest BCUT2D eigenvalue weighted by Gasteiger charge is -2.26. The number of benzene rings is 9. The van der Waals surface area contributed by atoms with Crippen molar-refractivity contribution in [2.75, 3.05) is 4.90 Å². The van der Waals surface area contributed by atoms with E-state index in [1.807, 2.05) is 12.1 Å². The van der Waals surface area contributed by atoms with Gasteiger partial charge in [-0.1, -0.05) is 170 Å². The summed E-state index contributed by atoms with van der Waals surface area (Å²) in [4.78, 5) is 2.33. The summed E-state index contributed by atoms with van der Waals surface area (Å²) in [6.45, 7) is 0. The zero-order valence-electron chi connectivity index (χ0n) is 30.7. The van der Waals surface area contributed by atoms with Gasteiger partial charge >= 0.3 is 0 Å². The lowest BCUT2D eigenvalue weighted by molar-refractivity contribution is 0.488. The van der Waals surface area contributed by atoms with Gasteiger partial charge in [0.2, 0.25) is 0 Å². The molecule has 0 radical (unpaired) electrons. The van der Waals surface area contributed by atoms with Crippen LogP contribution in [0.2, 0.25) is 0 Å². The van der Waals surface area contributed by atoms with Crippen LogP contribution in [0.3, 0.4) is 0 Å². The summed E-state index contributed by atoms with van der Waals surface area (Å²) >= 11 is 0. The van der Waals surface area contributed by atoms with Crippen molar-refractivity contribution in [3.8, 4) is 78.3 Å². The Labute approximate surface area is 328 Å². The molecular formula is C54H37NO. The minimum Gasteiger partial charge on any atom is -0.456 e. The maximum Gasteiger partial charge on any atom is 0.135 e. The van der Waals surface area contributed by atoms with Gasteiger partial charge in [-0.3, -0.25) is 0 Å². The van der Waals surface area contributed by atoms with Crippen LogP contribution in [0.1, 0.15) is 0 Å². The van der Waals surface area contributed by atoms with Crippen LogP contribution in [-0.2, 0) is 0 Å². The highest BCUT2D eigenvalue weighted by Crippen LogP contribution is 2.50. The van der Waals surface area contributed by atoms with Crippen molar-refractivity contribution in [2.24, 2.45) is 0 Å². The topological polar surface area (TPSA) is 12.5 Å². The van der Waals surface area contributed by atoms with E-state index in [0.717, 1.165) is 56.4 Å². The molecule has 264 valence electrons. The van der Waals surface area contributed by atoms with Gasteiger partial charge in [0.25, 0.3) is 0 Å². The van der Waals surface area contributed by atoms with E-state index < -0.39 is 0 Å². The minimum atomic E-state index is 0.867. The summed E-state index contributed by atoms with van der Waals surface area (Å²) in [5.41, 5.74) is 17.3. The minimum absolute atomic E-state index is 0.867. The molecule has 0 saturated carbocycles. The molecule has 0 spiro atoms. The Kier molecular flexibility index (Phi) is 8.55. The third-order valence-corrected chi connectivity index (χ3v) is 10.7. The average molecular weight is 716 g/mol. The number of nitrogens with zero attached hydrogens (tertiary/aromatic N) is 1. The second-order valence-electron chi connectivity index (χ2n) is 14.1. The van der Waals surface area contributed by atoms with Gasteiger partial charge in [0.1, 0.15) is 11.5 Å². The molecule has 0 saturated heterocycles. The van der Waals surface area contributed by atoms with E-state index in [0.29, 0.717) is 0 Å². The van der Waals surface area contributed by atoms with Crippen LogP contribution in [0.25, 0.3) is 66.8 Å². The highest BCUT2D eigenvalue weighted by atomic mass is 16.5. The summed E-state index contributed by atoms with van der Waals surface area (Å²) in [5.74, 6) is 1.74. The van der Waals surface area contributed by atoms with E-state index in [1.54, 1.807) is 0 Å². The summed E-state index contributed by atoms with van der Waals surface area (Å²) in [6, 6.07) is 79.9. The molecule has 2 nitrogen and oxygen atoms in total. The van der Waals surface area contributed by atoms with Crippen molar-refractivity contribution in [1.82, 2.24) is 0 Å². The number of ether oxygens (including phenoxy) is 1. The van der Waals surface area contributed by atoms with E-state index >= 15 is 0 Å². The van der Waals surface area contributed by atoms with Gasteiger partial charge in [0.15, 0.2) is 0 Å². The van der Waals surface area contributed by atoms with Gasteiger partial charge in [-0.2, -0.15) is 0 Å². The molecule has 1 aliphatic heterocycles. The first-order valence-corrected chi connectivity index (χ1v) is 19.1. The van der Waals surface area contributed by atoms with E-state index in [2.05, 4.69) is 217 Å². The zero-order valence-corrected chi connectivity index (χ0v) is 30.7. The first-order valence-electron chi connectivity index (χ1n) is 19.1. The molecule has 9 aromatic carbocycles. The van der Waals surface area contributed by atoms with Crippen molar-refractivity contribution in [3.63, 3.8) is 0 Å². The molecule has 1 aliphatic rings. The quantitative estimate of drug-likeness (QED) is 0.163. The molecule has 0 N–H and O–H groups in total.